The fourth-order valence-electron chi connectivity index (χ4n) is 2.78. The molecule has 0 aromatic heterocycles. The van der Waals surface area contributed by atoms with Crippen molar-refractivity contribution in [1.82, 2.24) is 10.6 Å². The van der Waals surface area contributed by atoms with E-state index < -0.39 is 5.97 Å². The number of hydrogen-bond donors (Lipinski definition) is 3. The Labute approximate surface area is 112 Å². The number of hydrogen-bond acceptors (Lipinski definition) is 3. The second kappa shape index (κ2) is 6.75. The number of nitrogens with one attached hydrogen (secondary N) is 2. The summed E-state index contributed by atoms with van der Waals surface area (Å²) >= 11 is 0. The summed E-state index contributed by atoms with van der Waals surface area (Å²) in [6, 6.07) is -0.203. The van der Waals surface area contributed by atoms with E-state index in [1.165, 1.54) is 0 Å². The van der Waals surface area contributed by atoms with E-state index in [0.717, 1.165) is 25.9 Å². The quantitative estimate of drug-likeness (QED) is 0.710. The molecule has 6 nitrogen and oxygen atoms in total. The first-order valence-corrected chi connectivity index (χ1v) is 7.00. The summed E-state index contributed by atoms with van der Waals surface area (Å²) in [6.07, 6.45) is 4.07. The van der Waals surface area contributed by atoms with Crippen LogP contribution in [-0.2, 0) is 9.53 Å². The lowest BCUT2D eigenvalue weighted by Gasteiger charge is -2.22. The summed E-state index contributed by atoms with van der Waals surface area (Å²) in [6.45, 7) is 2.16. The van der Waals surface area contributed by atoms with Crippen molar-refractivity contribution in [2.75, 3.05) is 19.8 Å². The molecule has 2 amide bonds. The van der Waals surface area contributed by atoms with Gasteiger partial charge in [-0.1, -0.05) is 0 Å². The number of ether oxygens (including phenoxy) is 1. The van der Waals surface area contributed by atoms with E-state index in [1.54, 1.807) is 0 Å². The van der Waals surface area contributed by atoms with Crippen LogP contribution in [0.5, 0.6) is 0 Å². The van der Waals surface area contributed by atoms with Crippen LogP contribution in [-0.4, -0.2) is 42.9 Å². The lowest BCUT2D eigenvalue weighted by molar-refractivity contribution is -0.141. The van der Waals surface area contributed by atoms with E-state index in [-0.39, 0.29) is 18.0 Å². The van der Waals surface area contributed by atoms with Gasteiger partial charge in [0.25, 0.3) is 0 Å². The van der Waals surface area contributed by atoms with Crippen molar-refractivity contribution in [2.24, 2.45) is 11.8 Å². The van der Waals surface area contributed by atoms with Gasteiger partial charge in [0, 0.05) is 19.2 Å². The van der Waals surface area contributed by atoms with Crippen LogP contribution in [0.4, 0.5) is 4.79 Å². The monoisotopic (exact) mass is 270 g/mol. The molecule has 19 heavy (non-hydrogen) atoms. The van der Waals surface area contributed by atoms with Crippen LogP contribution in [0.25, 0.3) is 0 Å². The van der Waals surface area contributed by atoms with Gasteiger partial charge in [-0.15, -0.1) is 0 Å². The Morgan fingerprint density at radius 2 is 2.11 bits per heavy atom. The second-order valence-electron chi connectivity index (χ2n) is 5.48. The molecule has 6 heteroatoms. The van der Waals surface area contributed by atoms with Crippen LogP contribution in [0.2, 0.25) is 0 Å². The van der Waals surface area contributed by atoms with Crippen LogP contribution in [0.1, 0.15) is 32.1 Å². The summed E-state index contributed by atoms with van der Waals surface area (Å²) in [4.78, 5) is 22.5. The molecule has 108 valence electrons. The van der Waals surface area contributed by atoms with E-state index >= 15 is 0 Å². The molecule has 2 aliphatic rings. The third-order valence-corrected chi connectivity index (χ3v) is 3.92. The fourth-order valence-corrected chi connectivity index (χ4v) is 2.78. The molecule has 0 bridgehead atoms. The van der Waals surface area contributed by atoms with Crippen molar-refractivity contribution in [3.8, 4) is 0 Å². The number of carboxylic acids is 1. The van der Waals surface area contributed by atoms with Crippen molar-refractivity contribution in [3.05, 3.63) is 0 Å². The van der Waals surface area contributed by atoms with Crippen LogP contribution < -0.4 is 10.6 Å². The van der Waals surface area contributed by atoms with Gasteiger partial charge in [0.2, 0.25) is 0 Å². The van der Waals surface area contributed by atoms with Crippen molar-refractivity contribution in [1.29, 1.82) is 0 Å². The SMILES string of the molecule is O=C(NCC1CCCOC1)N[C@H]1CC[C@@H](C(=O)O)C1. The molecule has 3 N–H and O–H groups in total. The van der Waals surface area contributed by atoms with E-state index in [1.807, 2.05) is 0 Å². The van der Waals surface area contributed by atoms with Gasteiger partial charge in [0.1, 0.15) is 0 Å². The Balaban J connectivity index is 1.63. The number of amides is 2. The Morgan fingerprint density at radius 3 is 2.74 bits per heavy atom. The molecule has 1 heterocycles. The van der Waals surface area contributed by atoms with Crippen LogP contribution >= 0.6 is 0 Å². The Bertz CT molecular complexity index is 329. The number of carboxylic acid groups (broad SMARTS) is 1. The molecule has 2 rings (SSSR count). The van der Waals surface area contributed by atoms with Gasteiger partial charge in [-0.3, -0.25) is 4.79 Å². The number of urea groups is 1. The molecular formula is C13H22N2O4. The minimum Gasteiger partial charge on any atom is -0.481 e. The van der Waals surface area contributed by atoms with Crippen molar-refractivity contribution in [2.45, 2.75) is 38.1 Å². The number of aliphatic carboxylic acids is 1. The molecule has 0 radical (unpaired) electrons. The minimum absolute atomic E-state index is 0.0105. The molecule has 1 saturated carbocycles. The zero-order valence-electron chi connectivity index (χ0n) is 11.1. The fraction of sp³-hybridized carbons (Fsp3) is 0.846. The number of rotatable bonds is 4. The molecule has 0 aromatic rings. The lowest BCUT2D eigenvalue weighted by atomic mass is 10.0. The first kappa shape index (κ1) is 14.1. The van der Waals surface area contributed by atoms with Gasteiger partial charge < -0.3 is 20.5 Å². The van der Waals surface area contributed by atoms with E-state index in [2.05, 4.69) is 10.6 Å². The molecule has 1 aliphatic carbocycles. The van der Waals surface area contributed by atoms with Gasteiger partial charge in [0.15, 0.2) is 0 Å². The molecule has 1 saturated heterocycles. The molecule has 2 fully saturated rings. The summed E-state index contributed by atoms with van der Waals surface area (Å²) in [7, 11) is 0. The van der Waals surface area contributed by atoms with Gasteiger partial charge in [0.05, 0.1) is 12.5 Å². The predicted octanol–water partition coefficient (Wildman–Crippen LogP) is 0.965. The molecule has 0 spiro atoms. The second-order valence-corrected chi connectivity index (χ2v) is 5.48. The van der Waals surface area contributed by atoms with E-state index in [0.29, 0.717) is 31.9 Å². The highest BCUT2D eigenvalue weighted by molar-refractivity contribution is 5.75. The van der Waals surface area contributed by atoms with Crippen LogP contribution in [0.3, 0.4) is 0 Å². The average molecular weight is 270 g/mol. The number of carbonyl (C=O) groups is 2. The largest absolute Gasteiger partial charge is 0.481 e. The molecule has 0 aromatic carbocycles. The third-order valence-electron chi connectivity index (χ3n) is 3.92. The van der Waals surface area contributed by atoms with Crippen molar-refractivity contribution in [3.63, 3.8) is 0 Å². The Morgan fingerprint density at radius 1 is 1.26 bits per heavy atom. The van der Waals surface area contributed by atoms with Crippen molar-refractivity contribution >= 4 is 12.0 Å². The Hall–Kier alpha value is -1.30. The first-order valence-electron chi connectivity index (χ1n) is 7.00. The topological polar surface area (TPSA) is 87.7 Å². The third kappa shape index (κ3) is 4.38. The highest BCUT2D eigenvalue weighted by Crippen LogP contribution is 2.25. The lowest BCUT2D eigenvalue weighted by Crippen LogP contribution is -2.43. The zero-order chi connectivity index (χ0) is 13.7. The zero-order valence-corrected chi connectivity index (χ0v) is 11.1. The maximum Gasteiger partial charge on any atom is 0.315 e. The molecular weight excluding hydrogens is 248 g/mol. The van der Waals surface area contributed by atoms with Gasteiger partial charge in [-0.05, 0) is 38.0 Å². The summed E-state index contributed by atoms with van der Waals surface area (Å²) in [5.41, 5.74) is 0. The van der Waals surface area contributed by atoms with Gasteiger partial charge in [-0.2, -0.15) is 0 Å². The van der Waals surface area contributed by atoms with E-state index in [9.17, 15) is 9.59 Å². The van der Waals surface area contributed by atoms with Gasteiger partial charge in [-0.25, -0.2) is 4.79 Å². The summed E-state index contributed by atoms with van der Waals surface area (Å²) < 4.78 is 5.35. The maximum absolute atomic E-state index is 11.7. The number of carbonyl (C=O) groups excluding carboxylic acids is 1. The maximum atomic E-state index is 11.7. The van der Waals surface area contributed by atoms with Crippen molar-refractivity contribution < 1.29 is 19.4 Å². The first-order chi connectivity index (χ1) is 9.15. The highest BCUT2D eigenvalue weighted by atomic mass is 16.5. The summed E-state index contributed by atoms with van der Waals surface area (Å²) in [5, 5.41) is 14.6. The predicted molar refractivity (Wildman–Crippen MR) is 68.8 cm³/mol. The Kier molecular flexibility index (Phi) is 5.01. The average Bonchev–Trinajstić information content (AvgIpc) is 2.86. The molecule has 3 atom stereocenters. The smallest absolute Gasteiger partial charge is 0.315 e. The molecule has 1 aliphatic heterocycles. The van der Waals surface area contributed by atoms with E-state index in [4.69, 9.17) is 9.84 Å². The van der Waals surface area contributed by atoms with Crippen LogP contribution in [0, 0.1) is 11.8 Å². The van der Waals surface area contributed by atoms with Gasteiger partial charge >= 0.3 is 12.0 Å². The highest BCUT2D eigenvalue weighted by Gasteiger charge is 2.30. The summed E-state index contributed by atoms with van der Waals surface area (Å²) in [5.74, 6) is -0.670. The molecule has 1 unspecified atom stereocenters. The normalized spacial score (nSPS) is 30.8. The van der Waals surface area contributed by atoms with Crippen LogP contribution in [0.15, 0.2) is 0 Å². The minimum atomic E-state index is -0.760. The standard InChI is InChI=1S/C13H22N2O4/c16-12(17)10-3-4-11(6-10)15-13(18)14-7-9-2-1-5-19-8-9/h9-11H,1-8H2,(H,16,17)(H2,14,15,18)/t9?,10-,11+/m1/s1.